The summed E-state index contributed by atoms with van der Waals surface area (Å²) in [5, 5.41) is 8.74. The third kappa shape index (κ3) is 5.91. The summed E-state index contributed by atoms with van der Waals surface area (Å²) < 4.78 is 54.0. The van der Waals surface area contributed by atoms with Crippen molar-refractivity contribution in [2.24, 2.45) is 0 Å². The Morgan fingerprint density at radius 1 is 1.42 bits per heavy atom. The smallest absolute Gasteiger partial charge is 0.261 e. The first-order valence-electron chi connectivity index (χ1n) is 5.51. The lowest BCUT2D eigenvalue weighted by molar-refractivity contribution is 0.0199. The lowest BCUT2D eigenvalue weighted by atomic mass is 10.4. The molecular weight excluding hydrogens is 300 g/mol. The number of aliphatic hydroxyl groups excluding tert-OH is 1. The molecule has 0 bridgehead atoms. The minimum atomic E-state index is -3.64. The predicted octanol–water partition coefficient (Wildman–Crippen LogP) is 0.843. The van der Waals surface area contributed by atoms with Crippen molar-refractivity contribution >= 4 is 21.4 Å². The van der Waals surface area contributed by atoms with Gasteiger partial charge in [-0.25, -0.2) is 21.9 Å². The van der Waals surface area contributed by atoms with Crippen molar-refractivity contribution in [2.75, 3.05) is 26.4 Å². The normalized spacial score (nSPS) is 12.2. The molecule has 0 unspecified atom stereocenters. The number of halogens is 2. The summed E-state index contributed by atoms with van der Waals surface area (Å²) in [5.74, 6) is 0. The summed E-state index contributed by atoms with van der Waals surface area (Å²) in [5.41, 5.74) is 0. The van der Waals surface area contributed by atoms with Crippen LogP contribution in [0, 0.1) is 0 Å². The summed E-state index contributed by atoms with van der Waals surface area (Å²) in [7, 11) is -3.64. The third-order valence-electron chi connectivity index (χ3n) is 2.04. The summed E-state index contributed by atoms with van der Waals surface area (Å²) in [6, 6.07) is 3.07. The first kappa shape index (κ1) is 16.4. The van der Waals surface area contributed by atoms with Crippen LogP contribution in [0.2, 0.25) is 0 Å². The number of ether oxygens (including phenoxy) is 1. The molecule has 0 fully saturated rings. The lowest BCUT2D eigenvalue weighted by Gasteiger charge is -2.05. The van der Waals surface area contributed by atoms with Gasteiger partial charge in [0.05, 0.1) is 6.61 Å². The quantitative estimate of drug-likeness (QED) is 0.662. The van der Waals surface area contributed by atoms with E-state index in [1.165, 1.54) is 6.07 Å². The second kappa shape index (κ2) is 7.85. The van der Waals surface area contributed by atoms with Crippen molar-refractivity contribution < 1.29 is 27.0 Å². The standard InChI is InChI=1S/C10H15F2NO4S2/c11-9(12)7-17-6-4-13-19(15,16)10-2-1-8(18-10)3-5-14/h1-2,9,13-14H,3-7H2. The molecule has 1 heterocycles. The second-order valence-corrected chi connectivity index (χ2v) is 6.72. The van der Waals surface area contributed by atoms with Gasteiger partial charge < -0.3 is 9.84 Å². The SMILES string of the molecule is O=S(=O)(NCCOCC(F)F)c1ccc(CCO)s1. The molecule has 0 aliphatic heterocycles. The fourth-order valence-electron chi connectivity index (χ4n) is 1.24. The maximum absolute atomic E-state index is 11.8. The van der Waals surface area contributed by atoms with Crippen LogP contribution >= 0.6 is 11.3 Å². The highest BCUT2D eigenvalue weighted by molar-refractivity contribution is 7.91. The summed E-state index contributed by atoms with van der Waals surface area (Å²) >= 11 is 1.06. The Kier molecular flexibility index (Phi) is 6.80. The molecule has 2 N–H and O–H groups in total. The van der Waals surface area contributed by atoms with Crippen molar-refractivity contribution in [1.29, 1.82) is 0 Å². The second-order valence-electron chi connectivity index (χ2n) is 3.56. The summed E-state index contributed by atoms with van der Waals surface area (Å²) in [4.78, 5) is 0.761. The number of alkyl halides is 2. The molecule has 0 saturated heterocycles. The summed E-state index contributed by atoms with van der Waals surface area (Å²) in [6.07, 6.45) is -2.16. The van der Waals surface area contributed by atoms with Crippen molar-refractivity contribution in [2.45, 2.75) is 17.1 Å². The zero-order valence-corrected chi connectivity index (χ0v) is 11.6. The highest BCUT2D eigenvalue weighted by Crippen LogP contribution is 2.21. The third-order valence-corrected chi connectivity index (χ3v) is 5.14. The minimum Gasteiger partial charge on any atom is -0.396 e. The Morgan fingerprint density at radius 2 is 2.16 bits per heavy atom. The molecule has 1 aromatic heterocycles. The van der Waals surface area contributed by atoms with Gasteiger partial charge in [-0.3, -0.25) is 0 Å². The van der Waals surface area contributed by atoms with Gasteiger partial charge >= 0.3 is 0 Å². The van der Waals surface area contributed by atoms with E-state index in [0.29, 0.717) is 6.42 Å². The lowest BCUT2D eigenvalue weighted by Crippen LogP contribution is -2.27. The number of hydrogen-bond donors (Lipinski definition) is 2. The zero-order chi connectivity index (χ0) is 14.3. The van der Waals surface area contributed by atoms with E-state index in [0.717, 1.165) is 16.2 Å². The van der Waals surface area contributed by atoms with Crippen LogP contribution in [0.3, 0.4) is 0 Å². The van der Waals surface area contributed by atoms with Gasteiger partial charge in [-0.2, -0.15) is 0 Å². The number of thiophene rings is 1. The Balaban J connectivity index is 2.42. The molecule has 0 radical (unpaired) electrons. The molecule has 0 spiro atoms. The molecule has 0 saturated carbocycles. The van der Waals surface area contributed by atoms with E-state index in [9.17, 15) is 17.2 Å². The topological polar surface area (TPSA) is 75.6 Å². The van der Waals surface area contributed by atoms with Crippen LogP contribution in [0.15, 0.2) is 16.3 Å². The van der Waals surface area contributed by atoms with Crippen LogP contribution in [0.4, 0.5) is 8.78 Å². The zero-order valence-electron chi connectivity index (χ0n) is 10.0. The number of rotatable bonds is 9. The molecule has 0 aromatic carbocycles. The number of sulfonamides is 1. The molecule has 110 valence electrons. The maximum Gasteiger partial charge on any atom is 0.261 e. The molecule has 0 aliphatic carbocycles. The number of nitrogens with one attached hydrogen (secondary N) is 1. The van der Waals surface area contributed by atoms with Crippen LogP contribution in [0.25, 0.3) is 0 Å². The van der Waals surface area contributed by atoms with Gasteiger partial charge in [0.25, 0.3) is 6.43 Å². The molecule has 1 rings (SSSR count). The minimum absolute atomic E-state index is 0.0467. The summed E-state index contributed by atoms with van der Waals surface area (Å²) in [6.45, 7) is -0.934. The van der Waals surface area contributed by atoms with Gasteiger partial charge in [-0.15, -0.1) is 11.3 Å². The van der Waals surface area contributed by atoms with Crippen LogP contribution in [-0.4, -0.2) is 46.3 Å². The van der Waals surface area contributed by atoms with Gasteiger partial charge in [0.1, 0.15) is 10.8 Å². The van der Waals surface area contributed by atoms with Gasteiger partial charge in [0, 0.05) is 24.4 Å². The molecule has 5 nitrogen and oxygen atoms in total. The van der Waals surface area contributed by atoms with Crippen LogP contribution in [0.5, 0.6) is 0 Å². The van der Waals surface area contributed by atoms with E-state index in [-0.39, 0.29) is 24.0 Å². The molecular formula is C10H15F2NO4S2. The molecule has 1 aromatic rings. The van der Waals surface area contributed by atoms with Crippen LogP contribution < -0.4 is 4.72 Å². The fourth-order valence-corrected chi connectivity index (χ4v) is 3.64. The van der Waals surface area contributed by atoms with Crippen molar-refractivity contribution in [3.8, 4) is 0 Å². The van der Waals surface area contributed by atoms with Crippen molar-refractivity contribution in [3.05, 3.63) is 17.0 Å². The Labute approximate surface area is 114 Å². The highest BCUT2D eigenvalue weighted by Gasteiger charge is 2.16. The first-order chi connectivity index (χ1) is 8.95. The largest absolute Gasteiger partial charge is 0.396 e. The van der Waals surface area contributed by atoms with E-state index in [1.807, 2.05) is 0 Å². The number of aliphatic hydroxyl groups is 1. The molecule has 0 aliphatic rings. The van der Waals surface area contributed by atoms with E-state index < -0.39 is 23.1 Å². The molecule has 0 amide bonds. The van der Waals surface area contributed by atoms with Crippen LogP contribution in [-0.2, 0) is 21.2 Å². The van der Waals surface area contributed by atoms with E-state index in [1.54, 1.807) is 6.07 Å². The monoisotopic (exact) mass is 315 g/mol. The van der Waals surface area contributed by atoms with Crippen LogP contribution in [0.1, 0.15) is 4.88 Å². The van der Waals surface area contributed by atoms with Gasteiger partial charge in [-0.1, -0.05) is 0 Å². The van der Waals surface area contributed by atoms with E-state index >= 15 is 0 Å². The van der Waals surface area contributed by atoms with Gasteiger partial charge in [-0.05, 0) is 12.1 Å². The number of hydrogen-bond acceptors (Lipinski definition) is 5. The highest BCUT2D eigenvalue weighted by atomic mass is 32.2. The first-order valence-corrected chi connectivity index (χ1v) is 7.81. The van der Waals surface area contributed by atoms with Gasteiger partial charge in [0.2, 0.25) is 10.0 Å². The Hall–Kier alpha value is -0.610. The Morgan fingerprint density at radius 3 is 2.79 bits per heavy atom. The average Bonchev–Trinajstić information content (AvgIpc) is 2.78. The molecule has 19 heavy (non-hydrogen) atoms. The molecule has 9 heteroatoms. The van der Waals surface area contributed by atoms with E-state index in [2.05, 4.69) is 9.46 Å². The average molecular weight is 315 g/mol. The fraction of sp³-hybridized carbons (Fsp3) is 0.600. The Bertz CT molecular complexity index is 476. The van der Waals surface area contributed by atoms with Gasteiger partial charge in [0.15, 0.2) is 0 Å². The van der Waals surface area contributed by atoms with E-state index in [4.69, 9.17) is 5.11 Å². The molecule has 0 atom stereocenters. The van der Waals surface area contributed by atoms with Crippen molar-refractivity contribution in [1.82, 2.24) is 4.72 Å². The predicted molar refractivity (Wildman–Crippen MR) is 67.1 cm³/mol. The maximum atomic E-state index is 11.8. The van der Waals surface area contributed by atoms with Crippen molar-refractivity contribution in [3.63, 3.8) is 0 Å².